The minimum absolute atomic E-state index is 0.466. The highest BCUT2D eigenvalue weighted by Crippen LogP contribution is 2.42. The number of nitrogens with zero attached hydrogens (tertiary/aromatic N) is 2. The van der Waals surface area contributed by atoms with Crippen molar-refractivity contribution < 1.29 is 8.98 Å². The predicted molar refractivity (Wildman–Crippen MR) is 115 cm³/mol. The lowest BCUT2D eigenvalue weighted by Crippen LogP contribution is -2.30. The minimum atomic E-state index is 0.466. The van der Waals surface area contributed by atoms with Gasteiger partial charge in [0.25, 0.3) is 0 Å². The summed E-state index contributed by atoms with van der Waals surface area (Å²) >= 11 is 0. The van der Waals surface area contributed by atoms with Crippen LogP contribution in [0.2, 0.25) is 0 Å². The van der Waals surface area contributed by atoms with E-state index < -0.39 is 0 Å². The summed E-state index contributed by atoms with van der Waals surface area (Å²) in [6.45, 7) is 16.2. The van der Waals surface area contributed by atoms with Crippen LogP contribution in [0, 0.1) is 26.3 Å². The molecule has 2 heterocycles. The van der Waals surface area contributed by atoms with Crippen LogP contribution in [0.25, 0.3) is 38.0 Å². The molecule has 0 amide bonds. The molecule has 0 saturated carbocycles. The van der Waals surface area contributed by atoms with Gasteiger partial charge in [-0.2, -0.15) is 0 Å². The number of aromatic nitrogens is 1. The number of pyridine rings is 1. The lowest BCUT2D eigenvalue weighted by atomic mass is 9.93. The molecule has 4 rings (SSSR count). The first-order valence-corrected chi connectivity index (χ1v) is 9.73. The fraction of sp³-hybridized carbons (Fsp3) is 0.280. The van der Waals surface area contributed by atoms with Crippen LogP contribution in [-0.2, 0) is 13.5 Å². The van der Waals surface area contributed by atoms with Gasteiger partial charge in [0, 0.05) is 22.9 Å². The standard InChI is InChI=1S/C25H25N2O/c1-15(2)13-19-20(26-5)14-17(4)24-23(19)18-11-10-16(3)22(25(18)28-24)21-9-7-8-12-27(21)6/h7-12,14-15H,13H2,1-4,6H3/q+1. The zero-order valence-electron chi connectivity index (χ0n) is 17.1. The third-order valence-corrected chi connectivity index (χ3v) is 5.43. The van der Waals surface area contributed by atoms with Crippen molar-refractivity contribution in [1.82, 2.24) is 0 Å². The SMILES string of the molecule is [C-]#[N+]c1cc(C)c2oc3c(-c4cccc[n+]4C)c(C)ccc3c2c1CC(C)C. The Bertz CT molecular complexity index is 1260. The Morgan fingerprint density at radius 1 is 1.07 bits per heavy atom. The molecule has 140 valence electrons. The fourth-order valence-corrected chi connectivity index (χ4v) is 4.14. The molecule has 0 aliphatic carbocycles. The van der Waals surface area contributed by atoms with E-state index in [2.05, 4.69) is 67.7 Å². The first-order chi connectivity index (χ1) is 13.4. The summed E-state index contributed by atoms with van der Waals surface area (Å²) in [7, 11) is 2.06. The quantitative estimate of drug-likeness (QED) is 0.301. The number of hydrogen-bond donors (Lipinski definition) is 0. The van der Waals surface area contributed by atoms with Gasteiger partial charge in [-0.3, -0.25) is 0 Å². The monoisotopic (exact) mass is 369 g/mol. The molecule has 3 nitrogen and oxygen atoms in total. The second kappa shape index (κ2) is 6.80. The zero-order chi connectivity index (χ0) is 20.0. The first-order valence-electron chi connectivity index (χ1n) is 9.73. The van der Waals surface area contributed by atoms with Gasteiger partial charge in [0.15, 0.2) is 11.9 Å². The van der Waals surface area contributed by atoms with Crippen molar-refractivity contribution in [3.63, 3.8) is 0 Å². The van der Waals surface area contributed by atoms with Crippen molar-refractivity contribution in [3.05, 3.63) is 70.7 Å². The fourth-order valence-electron chi connectivity index (χ4n) is 4.14. The maximum atomic E-state index is 7.69. The number of aryl methyl sites for hydroxylation is 3. The summed E-state index contributed by atoms with van der Waals surface area (Å²) in [5.74, 6) is 0.466. The highest BCUT2D eigenvalue weighted by Gasteiger charge is 2.23. The molecule has 0 fully saturated rings. The number of benzene rings is 2. The molecule has 2 aromatic heterocycles. The lowest BCUT2D eigenvalue weighted by molar-refractivity contribution is -0.660. The Balaban J connectivity index is 2.18. The van der Waals surface area contributed by atoms with Gasteiger partial charge in [-0.1, -0.05) is 26.0 Å². The van der Waals surface area contributed by atoms with E-state index in [0.29, 0.717) is 5.92 Å². The summed E-state index contributed by atoms with van der Waals surface area (Å²) < 4.78 is 8.64. The molecule has 0 aliphatic rings. The van der Waals surface area contributed by atoms with E-state index in [0.717, 1.165) is 56.4 Å². The third kappa shape index (κ3) is 2.77. The molecule has 0 N–H and O–H groups in total. The van der Waals surface area contributed by atoms with E-state index >= 15 is 0 Å². The third-order valence-electron chi connectivity index (χ3n) is 5.43. The van der Waals surface area contributed by atoms with Crippen molar-refractivity contribution in [1.29, 1.82) is 0 Å². The van der Waals surface area contributed by atoms with Gasteiger partial charge < -0.3 is 4.42 Å². The Kier molecular flexibility index (Phi) is 4.43. The van der Waals surface area contributed by atoms with E-state index in [4.69, 9.17) is 11.0 Å². The molecular weight excluding hydrogens is 344 g/mol. The summed E-state index contributed by atoms with van der Waals surface area (Å²) in [4.78, 5) is 3.84. The second-order valence-corrected chi connectivity index (χ2v) is 8.04. The molecule has 0 bridgehead atoms. The lowest BCUT2D eigenvalue weighted by Gasteiger charge is -2.10. The Labute approximate surface area is 166 Å². The molecule has 0 unspecified atom stereocenters. The number of hydrogen-bond acceptors (Lipinski definition) is 1. The van der Waals surface area contributed by atoms with Gasteiger partial charge in [0.05, 0.1) is 12.1 Å². The molecule has 0 spiro atoms. The average Bonchev–Trinajstić information content (AvgIpc) is 3.04. The smallest absolute Gasteiger partial charge is 0.216 e. The highest BCUT2D eigenvalue weighted by atomic mass is 16.3. The van der Waals surface area contributed by atoms with Crippen LogP contribution in [0.1, 0.15) is 30.5 Å². The van der Waals surface area contributed by atoms with Crippen LogP contribution < -0.4 is 4.57 Å². The van der Waals surface area contributed by atoms with E-state index in [9.17, 15) is 0 Å². The van der Waals surface area contributed by atoms with Gasteiger partial charge >= 0.3 is 0 Å². The largest absolute Gasteiger partial charge is 0.455 e. The van der Waals surface area contributed by atoms with E-state index in [-0.39, 0.29) is 0 Å². The molecule has 0 atom stereocenters. The van der Waals surface area contributed by atoms with Crippen LogP contribution in [0.3, 0.4) is 0 Å². The van der Waals surface area contributed by atoms with Crippen molar-refractivity contribution in [2.24, 2.45) is 13.0 Å². The maximum Gasteiger partial charge on any atom is 0.216 e. The summed E-state index contributed by atoms with van der Waals surface area (Å²) in [6, 6.07) is 12.5. The Hall–Kier alpha value is -3.12. The van der Waals surface area contributed by atoms with E-state index in [1.165, 1.54) is 5.56 Å². The van der Waals surface area contributed by atoms with Gasteiger partial charge in [-0.05, 0) is 55.0 Å². The van der Waals surface area contributed by atoms with Crippen molar-refractivity contribution in [2.75, 3.05) is 0 Å². The van der Waals surface area contributed by atoms with Crippen LogP contribution in [0.4, 0.5) is 5.69 Å². The number of furan rings is 1. The Morgan fingerprint density at radius 2 is 1.86 bits per heavy atom. The van der Waals surface area contributed by atoms with Crippen LogP contribution >= 0.6 is 0 Å². The van der Waals surface area contributed by atoms with Crippen LogP contribution in [-0.4, -0.2) is 0 Å². The van der Waals surface area contributed by atoms with Gasteiger partial charge in [0.1, 0.15) is 18.2 Å². The average molecular weight is 369 g/mol. The summed E-state index contributed by atoms with van der Waals surface area (Å²) in [6.07, 6.45) is 2.92. The predicted octanol–water partition coefficient (Wildman–Crippen LogP) is 6.44. The molecule has 28 heavy (non-hydrogen) atoms. The van der Waals surface area contributed by atoms with Crippen LogP contribution in [0.5, 0.6) is 0 Å². The number of rotatable bonds is 3. The van der Waals surface area contributed by atoms with Crippen molar-refractivity contribution >= 4 is 27.6 Å². The first kappa shape index (κ1) is 18.3. The van der Waals surface area contributed by atoms with E-state index in [1.54, 1.807) is 0 Å². The normalized spacial score (nSPS) is 11.5. The molecule has 3 heteroatoms. The highest BCUT2D eigenvalue weighted by molar-refractivity contribution is 6.13. The Morgan fingerprint density at radius 3 is 2.54 bits per heavy atom. The molecule has 4 aromatic rings. The summed E-state index contributed by atoms with van der Waals surface area (Å²) in [5.41, 5.74) is 8.11. The summed E-state index contributed by atoms with van der Waals surface area (Å²) in [5, 5.41) is 2.21. The van der Waals surface area contributed by atoms with Gasteiger partial charge in [0.2, 0.25) is 5.69 Å². The minimum Gasteiger partial charge on any atom is -0.455 e. The maximum absolute atomic E-state index is 7.69. The number of fused-ring (bicyclic) bond motifs is 3. The molecule has 0 radical (unpaired) electrons. The topological polar surface area (TPSA) is 21.4 Å². The van der Waals surface area contributed by atoms with Crippen LogP contribution in [0.15, 0.2) is 47.0 Å². The molecular formula is C25H25N2O+. The second-order valence-electron chi connectivity index (χ2n) is 8.04. The zero-order valence-corrected chi connectivity index (χ0v) is 17.1. The van der Waals surface area contributed by atoms with E-state index in [1.807, 2.05) is 19.1 Å². The van der Waals surface area contributed by atoms with Gasteiger partial charge in [-0.25, -0.2) is 9.41 Å². The van der Waals surface area contributed by atoms with Crippen molar-refractivity contribution in [2.45, 2.75) is 34.1 Å². The molecule has 0 saturated heterocycles. The van der Waals surface area contributed by atoms with Gasteiger partial charge in [-0.15, -0.1) is 0 Å². The van der Waals surface area contributed by atoms with Crippen molar-refractivity contribution in [3.8, 4) is 11.3 Å². The molecule has 0 aliphatic heterocycles. The molecule has 2 aromatic carbocycles.